The number of rotatable bonds is 6. The standard InChI is InChI=1S/C22H28FN3O2/c1-15(2)16(3)24-20(27)10-11-21(28)26-14-13-25-12-4-5-19(25)22(26)17-6-8-18(23)9-7-17/h4-9,12,15-16,22H,10-11,13-14H2,1-3H3,(H,24,27). The van der Waals surface area contributed by atoms with E-state index in [-0.39, 0.29) is 42.6 Å². The first-order chi connectivity index (χ1) is 13.4. The quantitative estimate of drug-likeness (QED) is 0.827. The summed E-state index contributed by atoms with van der Waals surface area (Å²) in [6.07, 6.45) is 2.33. The number of fused-ring (bicyclic) bond motifs is 1. The largest absolute Gasteiger partial charge is 0.353 e. The van der Waals surface area contributed by atoms with Crippen LogP contribution in [0.2, 0.25) is 0 Å². The number of hydrogen-bond donors (Lipinski definition) is 1. The molecule has 0 spiro atoms. The summed E-state index contributed by atoms with van der Waals surface area (Å²) in [7, 11) is 0. The Morgan fingerprint density at radius 2 is 1.82 bits per heavy atom. The van der Waals surface area contributed by atoms with Crippen LogP contribution in [0, 0.1) is 11.7 Å². The van der Waals surface area contributed by atoms with Crippen LogP contribution >= 0.6 is 0 Å². The van der Waals surface area contributed by atoms with Crippen molar-refractivity contribution in [1.29, 1.82) is 0 Å². The molecule has 0 saturated carbocycles. The van der Waals surface area contributed by atoms with Crippen LogP contribution in [0.15, 0.2) is 42.6 Å². The fourth-order valence-corrected chi connectivity index (χ4v) is 3.50. The Bertz CT molecular complexity index is 829. The lowest BCUT2D eigenvalue weighted by Crippen LogP contribution is -2.43. The van der Waals surface area contributed by atoms with E-state index >= 15 is 0 Å². The highest BCUT2D eigenvalue weighted by Gasteiger charge is 2.32. The first-order valence-electron chi connectivity index (χ1n) is 9.86. The van der Waals surface area contributed by atoms with Crippen molar-refractivity contribution < 1.29 is 14.0 Å². The highest BCUT2D eigenvalue weighted by Crippen LogP contribution is 2.33. The molecule has 150 valence electrons. The lowest BCUT2D eigenvalue weighted by molar-refractivity contribution is -0.136. The maximum absolute atomic E-state index is 13.4. The maximum atomic E-state index is 13.4. The van der Waals surface area contributed by atoms with Gasteiger partial charge in [0.15, 0.2) is 0 Å². The van der Waals surface area contributed by atoms with Crippen LogP contribution < -0.4 is 5.32 Å². The zero-order chi connectivity index (χ0) is 20.3. The zero-order valence-electron chi connectivity index (χ0n) is 16.7. The van der Waals surface area contributed by atoms with Gasteiger partial charge >= 0.3 is 0 Å². The second-order valence-corrected chi connectivity index (χ2v) is 7.77. The van der Waals surface area contributed by atoms with Crippen molar-refractivity contribution in [2.45, 2.75) is 52.2 Å². The van der Waals surface area contributed by atoms with Gasteiger partial charge in [0, 0.05) is 43.9 Å². The Kier molecular flexibility index (Phi) is 6.17. The first-order valence-corrected chi connectivity index (χ1v) is 9.86. The topological polar surface area (TPSA) is 54.3 Å². The van der Waals surface area contributed by atoms with Crippen molar-refractivity contribution in [2.75, 3.05) is 6.54 Å². The Labute approximate surface area is 165 Å². The van der Waals surface area contributed by atoms with Crippen LogP contribution in [0.3, 0.4) is 0 Å². The fraction of sp³-hybridized carbons (Fsp3) is 0.455. The number of aromatic nitrogens is 1. The van der Waals surface area contributed by atoms with Gasteiger partial charge in [-0.3, -0.25) is 9.59 Å². The van der Waals surface area contributed by atoms with Gasteiger partial charge in [0.1, 0.15) is 5.82 Å². The van der Waals surface area contributed by atoms with Gasteiger partial charge in [-0.25, -0.2) is 4.39 Å². The molecule has 0 fully saturated rings. The second-order valence-electron chi connectivity index (χ2n) is 7.77. The van der Waals surface area contributed by atoms with E-state index in [2.05, 4.69) is 9.88 Å². The molecule has 28 heavy (non-hydrogen) atoms. The predicted molar refractivity (Wildman–Crippen MR) is 106 cm³/mol. The van der Waals surface area contributed by atoms with Gasteiger partial charge in [0.25, 0.3) is 0 Å². The molecule has 2 aromatic rings. The molecule has 1 N–H and O–H groups in total. The van der Waals surface area contributed by atoms with Crippen LogP contribution in [0.4, 0.5) is 4.39 Å². The van der Waals surface area contributed by atoms with E-state index < -0.39 is 0 Å². The molecule has 2 unspecified atom stereocenters. The van der Waals surface area contributed by atoms with Crippen LogP contribution in [0.1, 0.15) is 50.9 Å². The lowest BCUT2D eigenvalue weighted by atomic mass is 9.99. The summed E-state index contributed by atoms with van der Waals surface area (Å²) in [4.78, 5) is 26.9. The van der Waals surface area contributed by atoms with Crippen LogP contribution in [-0.4, -0.2) is 33.9 Å². The molecule has 1 aromatic carbocycles. The zero-order valence-corrected chi connectivity index (χ0v) is 16.7. The monoisotopic (exact) mass is 385 g/mol. The van der Waals surface area contributed by atoms with Gasteiger partial charge in [-0.2, -0.15) is 0 Å². The SMILES string of the molecule is CC(C)C(C)NC(=O)CCC(=O)N1CCn2cccc2C1c1ccc(F)cc1. The molecule has 0 aliphatic carbocycles. The molecule has 1 aliphatic rings. The van der Waals surface area contributed by atoms with Crippen molar-refractivity contribution in [3.8, 4) is 0 Å². The molecule has 6 heteroatoms. The van der Waals surface area contributed by atoms with Crippen LogP contribution in [-0.2, 0) is 16.1 Å². The van der Waals surface area contributed by atoms with Gasteiger partial charge in [-0.05, 0) is 42.7 Å². The molecule has 0 radical (unpaired) electrons. The fourth-order valence-electron chi connectivity index (χ4n) is 3.50. The van der Waals surface area contributed by atoms with Gasteiger partial charge in [0.05, 0.1) is 6.04 Å². The molecule has 5 nitrogen and oxygen atoms in total. The van der Waals surface area contributed by atoms with E-state index in [4.69, 9.17) is 0 Å². The Hall–Kier alpha value is -2.63. The molecule has 1 aliphatic heterocycles. The highest BCUT2D eigenvalue weighted by atomic mass is 19.1. The number of benzene rings is 1. The van der Waals surface area contributed by atoms with E-state index in [1.807, 2.05) is 44.0 Å². The highest BCUT2D eigenvalue weighted by molar-refractivity contribution is 5.84. The normalized spacial score (nSPS) is 17.3. The second kappa shape index (κ2) is 8.59. The number of halogens is 1. The summed E-state index contributed by atoms with van der Waals surface area (Å²) in [5, 5.41) is 2.94. The average Bonchev–Trinajstić information content (AvgIpc) is 3.14. The Balaban J connectivity index is 1.73. The maximum Gasteiger partial charge on any atom is 0.223 e. The van der Waals surface area contributed by atoms with E-state index in [9.17, 15) is 14.0 Å². The minimum Gasteiger partial charge on any atom is -0.353 e. The molecule has 0 saturated heterocycles. The predicted octanol–water partition coefficient (Wildman–Crippen LogP) is 3.50. The molecular formula is C22H28FN3O2. The minimum atomic E-state index is -0.302. The van der Waals surface area contributed by atoms with Gasteiger partial charge in [0.2, 0.25) is 11.8 Å². The lowest BCUT2D eigenvalue weighted by Gasteiger charge is -2.37. The molecule has 2 atom stereocenters. The van der Waals surface area contributed by atoms with E-state index in [0.717, 1.165) is 11.3 Å². The summed E-state index contributed by atoms with van der Waals surface area (Å²) in [5.41, 5.74) is 1.87. The number of nitrogens with one attached hydrogen (secondary N) is 1. The van der Waals surface area contributed by atoms with Gasteiger partial charge < -0.3 is 14.8 Å². The number of amides is 2. The molecule has 2 amide bonds. The van der Waals surface area contributed by atoms with Crippen molar-refractivity contribution in [3.05, 3.63) is 59.7 Å². The van der Waals surface area contributed by atoms with Crippen molar-refractivity contribution >= 4 is 11.8 Å². The Morgan fingerprint density at radius 1 is 1.11 bits per heavy atom. The van der Waals surface area contributed by atoms with Crippen molar-refractivity contribution in [3.63, 3.8) is 0 Å². The van der Waals surface area contributed by atoms with E-state index in [1.54, 1.807) is 12.1 Å². The third-order valence-electron chi connectivity index (χ3n) is 5.50. The first kappa shape index (κ1) is 20.1. The van der Waals surface area contributed by atoms with E-state index in [0.29, 0.717) is 19.0 Å². The van der Waals surface area contributed by atoms with E-state index in [1.165, 1.54) is 12.1 Å². The van der Waals surface area contributed by atoms with Crippen molar-refractivity contribution in [2.24, 2.45) is 5.92 Å². The molecule has 2 heterocycles. The van der Waals surface area contributed by atoms with Crippen LogP contribution in [0.25, 0.3) is 0 Å². The number of nitrogens with zero attached hydrogens (tertiary/aromatic N) is 2. The number of hydrogen-bond acceptors (Lipinski definition) is 2. The summed E-state index contributed by atoms with van der Waals surface area (Å²) in [6.45, 7) is 7.33. The molecular weight excluding hydrogens is 357 g/mol. The minimum absolute atomic E-state index is 0.0610. The van der Waals surface area contributed by atoms with Gasteiger partial charge in [-0.1, -0.05) is 26.0 Å². The summed E-state index contributed by atoms with van der Waals surface area (Å²) in [5.74, 6) is -0.122. The van der Waals surface area contributed by atoms with Crippen LogP contribution in [0.5, 0.6) is 0 Å². The molecule has 0 bridgehead atoms. The third kappa shape index (κ3) is 4.43. The summed E-state index contributed by atoms with van der Waals surface area (Å²) < 4.78 is 15.5. The number of carbonyl (C=O) groups is 2. The molecule has 3 rings (SSSR count). The average molecular weight is 385 g/mol. The Morgan fingerprint density at radius 3 is 2.50 bits per heavy atom. The molecule has 1 aromatic heterocycles. The van der Waals surface area contributed by atoms with Crippen molar-refractivity contribution in [1.82, 2.24) is 14.8 Å². The number of carbonyl (C=O) groups excluding carboxylic acids is 2. The summed E-state index contributed by atoms with van der Waals surface area (Å²) in [6, 6.07) is 10.0. The summed E-state index contributed by atoms with van der Waals surface area (Å²) >= 11 is 0. The van der Waals surface area contributed by atoms with Gasteiger partial charge in [-0.15, -0.1) is 0 Å². The smallest absolute Gasteiger partial charge is 0.223 e. The third-order valence-corrected chi connectivity index (χ3v) is 5.50.